The predicted octanol–water partition coefficient (Wildman–Crippen LogP) is 3.95. The highest BCUT2D eigenvalue weighted by Gasteiger charge is 2.62. The minimum Gasteiger partial charge on any atom is -0.484 e. The third-order valence-corrected chi connectivity index (χ3v) is 12.2. The van der Waals surface area contributed by atoms with E-state index in [0.29, 0.717) is 46.8 Å². The van der Waals surface area contributed by atoms with Crippen LogP contribution in [0.3, 0.4) is 0 Å². The maximum atomic E-state index is 14.6. The number of hydrogen-bond acceptors (Lipinski definition) is 9. The van der Waals surface area contributed by atoms with Crippen molar-refractivity contribution in [3.63, 3.8) is 0 Å². The van der Waals surface area contributed by atoms with Crippen molar-refractivity contribution in [3.8, 4) is 5.75 Å². The lowest BCUT2D eigenvalue weighted by atomic mass is 10.1. The summed E-state index contributed by atoms with van der Waals surface area (Å²) < 4.78 is 55.1. The molecular formula is C36H38FN5O7S. The molecule has 2 aromatic carbocycles. The van der Waals surface area contributed by atoms with E-state index in [-0.39, 0.29) is 25.1 Å². The molecule has 4 heterocycles. The van der Waals surface area contributed by atoms with E-state index < -0.39 is 68.5 Å². The molecular weight excluding hydrogens is 665 g/mol. The van der Waals surface area contributed by atoms with Gasteiger partial charge in [-0.2, -0.15) is 0 Å². The molecule has 2 aliphatic heterocycles. The lowest BCUT2D eigenvalue weighted by Gasteiger charge is -2.28. The Labute approximate surface area is 287 Å². The number of carbonyl (C=O) groups excluding carboxylic acids is 3. The van der Waals surface area contributed by atoms with E-state index >= 15 is 0 Å². The van der Waals surface area contributed by atoms with Crippen molar-refractivity contribution in [2.75, 3.05) is 6.54 Å². The van der Waals surface area contributed by atoms with Gasteiger partial charge in [-0.25, -0.2) is 17.8 Å². The molecule has 0 bridgehead atoms. The summed E-state index contributed by atoms with van der Waals surface area (Å²) >= 11 is 0. The molecule has 50 heavy (non-hydrogen) atoms. The Morgan fingerprint density at radius 2 is 1.92 bits per heavy atom. The van der Waals surface area contributed by atoms with Crippen LogP contribution in [0.1, 0.15) is 57.8 Å². The Kier molecular flexibility index (Phi) is 8.05. The highest BCUT2D eigenvalue weighted by molar-refractivity contribution is 7.91. The summed E-state index contributed by atoms with van der Waals surface area (Å²) in [4.78, 5) is 47.8. The van der Waals surface area contributed by atoms with Gasteiger partial charge in [0, 0.05) is 23.1 Å². The molecule has 262 valence electrons. The fourth-order valence-electron chi connectivity index (χ4n) is 7.35. The van der Waals surface area contributed by atoms with Gasteiger partial charge in [-0.1, -0.05) is 37.1 Å². The maximum Gasteiger partial charge on any atom is 0.259 e. The van der Waals surface area contributed by atoms with Gasteiger partial charge in [-0.05, 0) is 68.9 Å². The van der Waals surface area contributed by atoms with E-state index in [2.05, 4.69) is 10.0 Å². The third-order valence-electron chi connectivity index (χ3n) is 10.4. The number of para-hydroxylation sites is 1. The Balaban J connectivity index is 1.14. The van der Waals surface area contributed by atoms with Crippen molar-refractivity contribution in [2.24, 2.45) is 11.7 Å². The molecule has 2 saturated carbocycles. The van der Waals surface area contributed by atoms with Crippen LogP contribution in [-0.4, -0.2) is 71.5 Å². The Morgan fingerprint density at radius 1 is 1.10 bits per heavy atom. The molecule has 3 fully saturated rings. The molecule has 12 nitrogen and oxygen atoms in total. The zero-order chi connectivity index (χ0) is 34.8. The largest absolute Gasteiger partial charge is 0.484 e. The number of amides is 3. The van der Waals surface area contributed by atoms with Crippen LogP contribution >= 0.6 is 0 Å². The number of furan rings is 1. The normalized spacial score (nSPS) is 27.8. The third kappa shape index (κ3) is 5.87. The first-order chi connectivity index (χ1) is 24.0. The summed E-state index contributed by atoms with van der Waals surface area (Å²) in [6.45, 7) is -0.00986. The lowest BCUT2D eigenvalue weighted by molar-refractivity contribution is -0.140. The van der Waals surface area contributed by atoms with Crippen LogP contribution in [0.5, 0.6) is 5.75 Å². The number of sulfonamides is 1. The maximum absolute atomic E-state index is 14.6. The zero-order valence-corrected chi connectivity index (χ0v) is 28.1. The second kappa shape index (κ2) is 12.3. The van der Waals surface area contributed by atoms with Crippen molar-refractivity contribution in [1.82, 2.24) is 19.9 Å². The van der Waals surface area contributed by atoms with Gasteiger partial charge in [0.2, 0.25) is 21.8 Å². The van der Waals surface area contributed by atoms with Gasteiger partial charge < -0.3 is 25.1 Å². The summed E-state index contributed by atoms with van der Waals surface area (Å²) in [5.41, 5.74) is 6.80. The molecule has 4 aromatic rings. The van der Waals surface area contributed by atoms with Crippen LogP contribution in [0.2, 0.25) is 0 Å². The van der Waals surface area contributed by atoms with Gasteiger partial charge in [-0.3, -0.25) is 19.1 Å². The van der Waals surface area contributed by atoms with E-state index in [1.165, 1.54) is 17.0 Å². The zero-order valence-electron chi connectivity index (χ0n) is 27.3. The minimum absolute atomic E-state index is 0.00986. The number of benzene rings is 2. The number of ether oxygens (including phenoxy) is 1. The first-order valence-corrected chi connectivity index (χ1v) is 18.8. The van der Waals surface area contributed by atoms with Gasteiger partial charge in [0.1, 0.15) is 34.6 Å². The SMILES string of the molecule is N[C@H]1CCCCCC=C[C@@H]2C[C@@]2(C(=O)NS(=O)(=O)C2CC2)NC(=O)[C@@H]2C[C@@H](Oc3c4cc(F)ccc4nc4c3oc3ccccc34)CN2C1=O. The molecule has 14 heteroatoms. The summed E-state index contributed by atoms with van der Waals surface area (Å²) in [7, 11) is -3.87. The number of fused-ring (bicyclic) bond motifs is 6. The fourth-order valence-corrected chi connectivity index (χ4v) is 8.72. The number of nitrogens with one attached hydrogen (secondary N) is 2. The van der Waals surface area contributed by atoms with E-state index in [9.17, 15) is 27.2 Å². The van der Waals surface area contributed by atoms with Crippen molar-refractivity contribution < 1.29 is 36.3 Å². The number of allylic oxidation sites excluding steroid dienone is 1. The summed E-state index contributed by atoms with van der Waals surface area (Å²) in [5, 5.41) is 3.36. The highest BCUT2D eigenvalue weighted by atomic mass is 32.2. The standard InChI is InChI=1S/C36H38FN5O7S/c37-21-12-15-27-25(16-21)31(32-30(39-27)24-9-6-7-11-29(24)49-32)48-22-17-28-33(43)40-36(35(45)41-50(46,47)23-13-14-23)18-20(36)8-4-2-1-3-5-10-26(38)34(44)42(28)19-22/h4,6-9,11-12,15-16,20,22-23,26,28H,1-3,5,10,13-14,17-19,38H2,(H,40,43)(H,41,45)/t20-,22-,26+,28+,36-/m1/s1. The van der Waals surface area contributed by atoms with E-state index in [1.807, 2.05) is 30.4 Å². The Morgan fingerprint density at radius 3 is 2.74 bits per heavy atom. The fraction of sp³-hybridized carbons (Fsp3) is 0.444. The first-order valence-electron chi connectivity index (χ1n) is 17.2. The van der Waals surface area contributed by atoms with Gasteiger partial charge in [0.15, 0.2) is 11.3 Å². The van der Waals surface area contributed by atoms with Crippen molar-refractivity contribution in [3.05, 3.63) is 60.4 Å². The highest BCUT2D eigenvalue weighted by Crippen LogP contribution is 2.46. The number of rotatable bonds is 5. The number of nitrogens with two attached hydrogens (primary N) is 1. The molecule has 0 radical (unpaired) electrons. The molecule has 2 aromatic heterocycles. The number of halogens is 1. The predicted molar refractivity (Wildman–Crippen MR) is 183 cm³/mol. The number of pyridine rings is 1. The quantitative estimate of drug-likeness (QED) is 0.260. The molecule has 4 N–H and O–H groups in total. The summed E-state index contributed by atoms with van der Waals surface area (Å²) in [6.07, 6.45) is 7.87. The molecule has 4 aliphatic rings. The number of nitrogens with zero attached hydrogens (tertiary/aromatic N) is 2. The van der Waals surface area contributed by atoms with Crippen LogP contribution in [0.4, 0.5) is 4.39 Å². The molecule has 8 rings (SSSR count). The van der Waals surface area contributed by atoms with Gasteiger partial charge in [-0.15, -0.1) is 0 Å². The molecule has 3 amide bonds. The topological polar surface area (TPSA) is 174 Å². The van der Waals surface area contributed by atoms with Gasteiger partial charge >= 0.3 is 0 Å². The van der Waals surface area contributed by atoms with Gasteiger partial charge in [0.05, 0.1) is 23.4 Å². The lowest BCUT2D eigenvalue weighted by Crippen LogP contribution is -2.57. The van der Waals surface area contributed by atoms with Crippen molar-refractivity contribution in [2.45, 2.75) is 86.8 Å². The average molecular weight is 704 g/mol. The van der Waals surface area contributed by atoms with Crippen molar-refractivity contribution >= 4 is 60.7 Å². The first kappa shape index (κ1) is 32.6. The van der Waals surface area contributed by atoms with Crippen molar-refractivity contribution in [1.29, 1.82) is 0 Å². The molecule has 0 unspecified atom stereocenters. The number of carbonyl (C=O) groups is 3. The summed E-state index contributed by atoms with van der Waals surface area (Å²) in [5.74, 6) is -2.49. The van der Waals surface area contributed by atoms with Crippen LogP contribution < -0.4 is 20.5 Å². The molecule has 0 spiro atoms. The Bertz CT molecular complexity index is 2180. The van der Waals surface area contributed by atoms with Crippen LogP contribution in [0, 0.1) is 11.7 Å². The van der Waals surface area contributed by atoms with Crippen LogP contribution in [0.15, 0.2) is 59.0 Å². The minimum atomic E-state index is -3.87. The van der Waals surface area contributed by atoms with E-state index in [4.69, 9.17) is 19.9 Å². The monoisotopic (exact) mass is 703 g/mol. The summed E-state index contributed by atoms with van der Waals surface area (Å²) in [6, 6.07) is 9.59. The number of aromatic nitrogens is 1. The second-order valence-electron chi connectivity index (χ2n) is 14.0. The molecule has 5 atom stereocenters. The smallest absolute Gasteiger partial charge is 0.259 e. The van der Waals surface area contributed by atoms with Crippen LogP contribution in [-0.2, 0) is 24.4 Å². The van der Waals surface area contributed by atoms with Crippen LogP contribution in [0.25, 0.3) is 33.0 Å². The molecule has 1 saturated heterocycles. The average Bonchev–Trinajstić information content (AvgIpc) is 3.99. The molecule has 2 aliphatic carbocycles. The van der Waals surface area contributed by atoms with Gasteiger partial charge in [0.25, 0.3) is 5.91 Å². The van der Waals surface area contributed by atoms with E-state index in [1.54, 1.807) is 12.1 Å². The number of hydrogen-bond donors (Lipinski definition) is 3. The second-order valence-corrected chi connectivity index (χ2v) is 15.9. The van der Waals surface area contributed by atoms with E-state index in [0.717, 1.165) is 31.1 Å². The Hall–Kier alpha value is -4.56.